The predicted octanol–water partition coefficient (Wildman–Crippen LogP) is 4.13. The van der Waals surface area contributed by atoms with Crippen LogP contribution in [0.4, 0.5) is 17.6 Å². The summed E-state index contributed by atoms with van der Waals surface area (Å²) in [5.74, 6) is -1.49. The van der Waals surface area contributed by atoms with E-state index in [0.717, 1.165) is 18.5 Å². The molecule has 0 fully saturated rings. The van der Waals surface area contributed by atoms with Gasteiger partial charge in [-0.15, -0.1) is 13.2 Å². The van der Waals surface area contributed by atoms with Gasteiger partial charge in [-0.2, -0.15) is 5.10 Å². The second kappa shape index (κ2) is 10.0. The molecule has 0 radical (unpaired) electrons. The van der Waals surface area contributed by atoms with Crippen LogP contribution in [0.15, 0.2) is 54.0 Å². The number of pyridine rings is 1. The molecule has 12 heteroatoms. The summed E-state index contributed by atoms with van der Waals surface area (Å²) in [4.78, 5) is 23.9. The molecule has 3 aromatic rings. The second-order valence-corrected chi connectivity index (χ2v) is 6.77. The van der Waals surface area contributed by atoms with E-state index >= 15 is 0 Å². The zero-order chi connectivity index (χ0) is 24.0. The Bertz CT molecular complexity index is 1150. The van der Waals surface area contributed by atoms with Crippen molar-refractivity contribution in [2.24, 2.45) is 5.10 Å². The number of benzene rings is 1. The molecule has 172 valence electrons. The highest BCUT2D eigenvalue weighted by atomic mass is 19.4. The number of carbonyl (C=O) groups excluding carboxylic acids is 1. The normalized spacial score (nSPS) is 11.6. The highest BCUT2D eigenvalue weighted by Crippen LogP contribution is 2.23. The third-order valence-electron chi connectivity index (χ3n) is 3.83. The number of halogens is 4. The molecule has 1 amide bonds. The Morgan fingerprint density at radius 1 is 1.15 bits per heavy atom. The number of rotatable bonds is 7. The quantitative estimate of drug-likeness (QED) is 0.322. The molecule has 0 aliphatic rings. The molecule has 8 nitrogen and oxygen atoms in total. The van der Waals surface area contributed by atoms with E-state index in [-0.39, 0.29) is 23.1 Å². The molecule has 0 aliphatic heterocycles. The standard InChI is InChI=1S/C21H17F4N5O3/c1-12(2)32-15-4-5-16(22)14(7-15)9-28-30-20(31)18-11-26-10-17(29-18)13-3-6-19(27-8-13)33-21(23,24)25/h3-12H,1-2H3,(H,30,31)/b28-9+. The van der Waals surface area contributed by atoms with E-state index in [1.165, 1.54) is 36.7 Å². The number of nitrogens with zero attached hydrogens (tertiary/aromatic N) is 4. The van der Waals surface area contributed by atoms with Crippen LogP contribution in [0.2, 0.25) is 0 Å². The molecular formula is C21H17F4N5O3. The first-order valence-corrected chi connectivity index (χ1v) is 9.44. The van der Waals surface area contributed by atoms with E-state index < -0.39 is 24.0 Å². The van der Waals surface area contributed by atoms with Crippen LogP contribution in [0.1, 0.15) is 29.9 Å². The molecule has 1 aromatic carbocycles. The molecule has 33 heavy (non-hydrogen) atoms. The van der Waals surface area contributed by atoms with E-state index in [9.17, 15) is 22.4 Å². The molecule has 0 aliphatic carbocycles. The lowest BCUT2D eigenvalue weighted by Gasteiger charge is -2.10. The lowest BCUT2D eigenvalue weighted by atomic mass is 10.2. The van der Waals surface area contributed by atoms with Gasteiger partial charge in [0.1, 0.15) is 17.3 Å². The fourth-order valence-corrected chi connectivity index (χ4v) is 2.51. The summed E-state index contributed by atoms with van der Waals surface area (Å²) in [6.07, 6.45) is -0.286. The molecular weight excluding hydrogens is 446 g/mol. The molecule has 0 saturated heterocycles. The lowest BCUT2D eigenvalue weighted by molar-refractivity contribution is -0.276. The summed E-state index contributed by atoms with van der Waals surface area (Å²) in [5, 5.41) is 3.72. The summed E-state index contributed by atoms with van der Waals surface area (Å²) in [5.41, 5.74) is 2.67. The van der Waals surface area contributed by atoms with Crippen LogP contribution in [0.5, 0.6) is 11.6 Å². The van der Waals surface area contributed by atoms with Crippen LogP contribution >= 0.6 is 0 Å². The second-order valence-electron chi connectivity index (χ2n) is 6.77. The van der Waals surface area contributed by atoms with Gasteiger partial charge in [0.25, 0.3) is 5.91 Å². The summed E-state index contributed by atoms with van der Waals surface area (Å²) in [6.45, 7) is 3.65. The van der Waals surface area contributed by atoms with Crippen molar-refractivity contribution < 1.29 is 31.8 Å². The van der Waals surface area contributed by atoms with Gasteiger partial charge in [-0.3, -0.25) is 9.78 Å². The van der Waals surface area contributed by atoms with Crippen molar-refractivity contribution >= 4 is 12.1 Å². The third kappa shape index (κ3) is 6.95. The van der Waals surface area contributed by atoms with E-state index in [2.05, 4.69) is 30.2 Å². The molecule has 0 atom stereocenters. The van der Waals surface area contributed by atoms with Crippen molar-refractivity contribution in [2.75, 3.05) is 0 Å². The van der Waals surface area contributed by atoms with Gasteiger partial charge < -0.3 is 9.47 Å². The average Bonchev–Trinajstić information content (AvgIpc) is 2.75. The lowest BCUT2D eigenvalue weighted by Crippen LogP contribution is -2.19. The van der Waals surface area contributed by atoms with Crippen LogP contribution in [0.3, 0.4) is 0 Å². The van der Waals surface area contributed by atoms with Crippen LogP contribution in [-0.2, 0) is 0 Å². The molecule has 0 bridgehead atoms. The molecule has 1 N–H and O–H groups in total. The van der Waals surface area contributed by atoms with Crippen LogP contribution in [0, 0.1) is 5.82 Å². The van der Waals surface area contributed by atoms with E-state index in [4.69, 9.17) is 4.74 Å². The largest absolute Gasteiger partial charge is 0.574 e. The third-order valence-corrected chi connectivity index (χ3v) is 3.83. The van der Waals surface area contributed by atoms with Crippen molar-refractivity contribution in [1.82, 2.24) is 20.4 Å². The zero-order valence-corrected chi connectivity index (χ0v) is 17.3. The van der Waals surface area contributed by atoms with Gasteiger partial charge in [0, 0.05) is 23.4 Å². The summed E-state index contributed by atoms with van der Waals surface area (Å²) in [6, 6.07) is 6.42. The summed E-state index contributed by atoms with van der Waals surface area (Å²) in [7, 11) is 0. The fraction of sp³-hybridized carbons (Fsp3) is 0.190. The Kier molecular flexibility index (Phi) is 7.16. The number of carbonyl (C=O) groups is 1. The van der Waals surface area contributed by atoms with Crippen LogP contribution in [0.25, 0.3) is 11.3 Å². The van der Waals surface area contributed by atoms with Crippen molar-refractivity contribution in [2.45, 2.75) is 26.3 Å². The van der Waals surface area contributed by atoms with Gasteiger partial charge in [-0.25, -0.2) is 19.8 Å². The van der Waals surface area contributed by atoms with E-state index in [1.807, 2.05) is 13.8 Å². The minimum atomic E-state index is -4.86. The fourth-order valence-electron chi connectivity index (χ4n) is 2.51. The van der Waals surface area contributed by atoms with Crippen molar-refractivity contribution in [3.05, 3.63) is 66.0 Å². The molecule has 0 spiro atoms. The van der Waals surface area contributed by atoms with E-state index in [0.29, 0.717) is 11.3 Å². The monoisotopic (exact) mass is 463 g/mol. The first kappa shape index (κ1) is 23.6. The first-order chi connectivity index (χ1) is 15.6. The number of amides is 1. The van der Waals surface area contributed by atoms with Crippen molar-refractivity contribution in [3.63, 3.8) is 0 Å². The van der Waals surface area contributed by atoms with Gasteiger partial charge in [-0.05, 0) is 38.1 Å². The minimum absolute atomic E-state index is 0.0977. The topological polar surface area (TPSA) is 98.6 Å². The number of hydrazone groups is 1. The predicted molar refractivity (Wildman–Crippen MR) is 109 cm³/mol. The van der Waals surface area contributed by atoms with Gasteiger partial charge in [0.15, 0.2) is 0 Å². The minimum Gasteiger partial charge on any atom is -0.491 e. The highest BCUT2D eigenvalue weighted by molar-refractivity contribution is 5.93. The SMILES string of the molecule is CC(C)Oc1ccc(F)c(/C=N/NC(=O)c2cncc(-c3ccc(OC(F)(F)F)nc3)n2)c1. The number of nitrogens with one attached hydrogen (secondary N) is 1. The Morgan fingerprint density at radius 3 is 2.61 bits per heavy atom. The number of hydrogen-bond donors (Lipinski definition) is 1. The van der Waals surface area contributed by atoms with Crippen molar-refractivity contribution in [1.29, 1.82) is 0 Å². The van der Waals surface area contributed by atoms with Crippen LogP contribution < -0.4 is 14.9 Å². The Labute approximate surface area is 185 Å². The number of alkyl halides is 3. The Morgan fingerprint density at radius 2 is 1.94 bits per heavy atom. The van der Waals surface area contributed by atoms with Crippen molar-refractivity contribution in [3.8, 4) is 22.9 Å². The average molecular weight is 463 g/mol. The maximum Gasteiger partial charge on any atom is 0.574 e. The number of aromatic nitrogens is 3. The van der Waals surface area contributed by atoms with Gasteiger partial charge >= 0.3 is 6.36 Å². The highest BCUT2D eigenvalue weighted by Gasteiger charge is 2.31. The van der Waals surface area contributed by atoms with E-state index in [1.54, 1.807) is 0 Å². The molecule has 0 saturated carbocycles. The zero-order valence-electron chi connectivity index (χ0n) is 17.3. The molecule has 2 aromatic heterocycles. The summed E-state index contributed by atoms with van der Waals surface area (Å²) >= 11 is 0. The Hall–Kier alpha value is -4.09. The number of ether oxygens (including phenoxy) is 2. The summed E-state index contributed by atoms with van der Waals surface area (Å²) < 4.78 is 59.9. The smallest absolute Gasteiger partial charge is 0.491 e. The Balaban J connectivity index is 1.69. The molecule has 0 unspecified atom stereocenters. The molecule has 2 heterocycles. The van der Waals surface area contributed by atoms with Gasteiger partial charge in [0.2, 0.25) is 5.88 Å². The maximum atomic E-state index is 14.0. The number of hydrogen-bond acceptors (Lipinski definition) is 7. The van der Waals surface area contributed by atoms with Gasteiger partial charge in [-0.1, -0.05) is 0 Å². The maximum absolute atomic E-state index is 14.0. The van der Waals surface area contributed by atoms with Crippen LogP contribution in [-0.4, -0.2) is 39.5 Å². The van der Waals surface area contributed by atoms with Gasteiger partial charge in [0.05, 0.1) is 30.4 Å². The first-order valence-electron chi connectivity index (χ1n) is 9.44. The molecule has 3 rings (SSSR count).